The highest BCUT2D eigenvalue weighted by Gasteiger charge is 2.23. The number of hydrogen-bond donors (Lipinski definition) is 2. The summed E-state index contributed by atoms with van der Waals surface area (Å²) in [6.45, 7) is 3.83. The highest BCUT2D eigenvalue weighted by atomic mass is 16.4. The zero-order valence-electron chi connectivity index (χ0n) is 12.0. The molecule has 2 N–H and O–H groups in total. The number of carbonyl (C=O) groups excluding carboxylic acids is 1. The molecular formula is C16H18N2O3. The Morgan fingerprint density at radius 1 is 1.24 bits per heavy atom. The van der Waals surface area contributed by atoms with Crippen LogP contribution < -0.4 is 5.32 Å². The molecule has 0 aliphatic carbocycles. The maximum Gasteiger partial charge on any atom is 0.326 e. The van der Waals surface area contributed by atoms with Gasteiger partial charge in [0.2, 0.25) is 0 Å². The molecule has 0 unspecified atom stereocenters. The van der Waals surface area contributed by atoms with E-state index in [2.05, 4.69) is 10.3 Å². The Labute approximate surface area is 123 Å². The van der Waals surface area contributed by atoms with Gasteiger partial charge in [-0.15, -0.1) is 0 Å². The van der Waals surface area contributed by atoms with Gasteiger partial charge in [-0.05, 0) is 23.8 Å². The summed E-state index contributed by atoms with van der Waals surface area (Å²) >= 11 is 0. The van der Waals surface area contributed by atoms with Crippen molar-refractivity contribution in [3.8, 4) is 0 Å². The van der Waals surface area contributed by atoms with E-state index in [1.165, 1.54) is 0 Å². The van der Waals surface area contributed by atoms with E-state index in [0.29, 0.717) is 11.8 Å². The van der Waals surface area contributed by atoms with Crippen LogP contribution in [0, 0.1) is 5.92 Å². The fourth-order valence-electron chi connectivity index (χ4n) is 2.22. The number of nitrogens with zero attached hydrogens (tertiary/aromatic N) is 1. The lowest BCUT2D eigenvalue weighted by Crippen LogP contribution is -2.42. The Morgan fingerprint density at radius 3 is 2.62 bits per heavy atom. The van der Waals surface area contributed by atoms with Crippen molar-refractivity contribution in [2.75, 3.05) is 0 Å². The number of carboxylic acid groups (broad SMARTS) is 1. The van der Waals surface area contributed by atoms with E-state index < -0.39 is 17.9 Å². The minimum Gasteiger partial charge on any atom is -0.480 e. The molecule has 2 aromatic rings. The number of nitrogens with one attached hydrogen (secondary N) is 1. The number of carbonyl (C=O) groups is 2. The number of rotatable bonds is 5. The quantitative estimate of drug-likeness (QED) is 0.885. The molecule has 1 aromatic carbocycles. The number of fused-ring (bicyclic) bond motifs is 1. The molecule has 1 amide bonds. The number of carboxylic acids is 1. The number of amides is 1. The zero-order valence-corrected chi connectivity index (χ0v) is 12.0. The van der Waals surface area contributed by atoms with Gasteiger partial charge in [0.15, 0.2) is 0 Å². The number of benzene rings is 1. The third kappa shape index (κ3) is 3.56. The minimum atomic E-state index is -1.03. The Kier molecular flexibility index (Phi) is 4.52. The first kappa shape index (κ1) is 15.0. The van der Waals surface area contributed by atoms with Gasteiger partial charge in [-0.2, -0.15) is 0 Å². The van der Waals surface area contributed by atoms with Gasteiger partial charge in [0, 0.05) is 11.6 Å². The maximum atomic E-state index is 12.3. The number of aliphatic carboxylic acids is 1. The predicted molar refractivity (Wildman–Crippen MR) is 80.1 cm³/mol. The third-order valence-electron chi connectivity index (χ3n) is 3.20. The van der Waals surface area contributed by atoms with Crippen LogP contribution in [-0.2, 0) is 4.79 Å². The van der Waals surface area contributed by atoms with E-state index >= 15 is 0 Å². The van der Waals surface area contributed by atoms with Gasteiger partial charge in [0.25, 0.3) is 5.91 Å². The zero-order chi connectivity index (χ0) is 15.4. The van der Waals surface area contributed by atoms with Crippen LogP contribution in [0.5, 0.6) is 0 Å². The standard InChI is InChI=1S/C16H18N2O3/c1-10(2)9-13(16(20)21)18-15(19)14-12-6-4-3-5-11(12)7-8-17-14/h3-8,10,13H,9H2,1-2H3,(H,18,19)(H,20,21)/t13-/m0/s1. The van der Waals surface area contributed by atoms with E-state index in [1.54, 1.807) is 12.3 Å². The van der Waals surface area contributed by atoms with Crippen molar-refractivity contribution < 1.29 is 14.7 Å². The molecule has 5 nitrogen and oxygen atoms in total. The van der Waals surface area contributed by atoms with Crippen molar-refractivity contribution >= 4 is 22.6 Å². The van der Waals surface area contributed by atoms with Gasteiger partial charge in [0.1, 0.15) is 11.7 Å². The van der Waals surface area contributed by atoms with Crippen LogP contribution in [0.25, 0.3) is 10.8 Å². The second kappa shape index (κ2) is 6.35. The monoisotopic (exact) mass is 286 g/mol. The predicted octanol–water partition coefficient (Wildman–Crippen LogP) is 2.46. The first-order valence-electron chi connectivity index (χ1n) is 6.86. The molecule has 0 fully saturated rings. The van der Waals surface area contributed by atoms with Crippen LogP contribution >= 0.6 is 0 Å². The fourth-order valence-corrected chi connectivity index (χ4v) is 2.22. The molecule has 1 atom stereocenters. The summed E-state index contributed by atoms with van der Waals surface area (Å²) in [7, 11) is 0. The average molecular weight is 286 g/mol. The maximum absolute atomic E-state index is 12.3. The second-order valence-corrected chi connectivity index (χ2v) is 5.37. The Morgan fingerprint density at radius 2 is 1.95 bits per heavy atom. The van der Waals surface area contributed by atoms with E-state index in [0.717, 1.165) is 5.39 Å². The summed E-state index contributed by atoms with van der Waals surface area (Å²) < 4.78 is 0. The van der Waals surface area contributed by atoms with Crippen molar-refractivity contribution in [2.45, 2.75) is 26.3 Å². The topological polar surface area (TPSA) is 79.3 Å². The van der Waals surface area contributed by atoms with E-state index in [-0.39, 0.29) is 11.6 Å². The SMILES string of the molecule is CC(C)C[C@H](NC(=O)c1nccc2ccccc12)C(=O)O. The summed E-state index contributed by atoms with van der Waals surface area (Å²) in [5.41, 5.74) is 0.253. The molecular weight excluding hydrogens is 268 g/mol. The Balaban J connectivity index is 2.27. The van der Waals surface area contributed by atoms with Gasteiger partial charge < -0.3 is 10.4 Å². The minimum absolute atomic E-state index is 0.173. The molecule has 110 valence electrons. The van der Waals surface area contributed by atoms with Crippen molar-refractivity contribution in [1.82, 2.24) is 10.3 Å². The Bertz CT molecular complexity index is 662. The second-order valence-electron chi connectivity index (χ2n) is 5.37. The molecule has 0 radical (unpaired) electrons. The van der Waals surface area contributed by atoms with Crippen LogP contribution in [0.4, 0.5) is 0 Å². The van der Waals surface area contributed by atoms with Crippen molar-refractivity contribution in [3.05, 3.63) is 42.2 Å². The number of aromatic nitrogens is 1. The fraction of sp³-hybridized carbons (Fsp3) is 0.312. The van der Waals surface area contributed by atoms with E-state index in [4.69, 9.17) is 0 Å². The van der Waals surface area contributed by atoms with Crippen LogP contribution in [0.3, 0.4) is 0 Å². The van der Waals surface area contributed by atoms with Crippen LogP contribution in [0.1, 0.15) is 30.8 Å². The molecule has 0 saturated heterocycles. The van der Waals surface area contributed by atoms with E-state index in [9.17, 15) is 14.7 Å². The summed E-state index contributed by atoms with van der Waals surface area (Å²) in [5, 5.41) is 13.4. The lowest BCUT2D eigenvalue weighted by molar-refractivity contribution is -0.139. The smallest absolute Gasteiger partial charge is 0.326 e. The normalized spacial score (nSPS) is 12.3. The summed E-state index contributed by atoms with van der Waals surface area (Å²) in [6, 6.07) is 8.30. The van der Waals surface area contributed by atoms with Gasteiger partial charge in [-0.3, -0.25) is 9.78 Å². The van der Waals surface area contributed by atoms with Crippen molar-refractivity contribution in [1.29, 1.82) is 0 Å². The third-order valence-corrected chi connectivity index (χ3v) is 3.20. The van der Waals surface area contributed by atoms with Crippen molar-refractivity contribution in [2.24, 2.45) is 5.92 Å². The first-order valence-corrected chi connectivity index (χ1v) is 6.86. The molecule has 0 aliphatic rings. The molecule has 0 aliphatic heterocycles. The largest absolute Gasteiger partial charge is 0.480 e. The van der Waals surface area contributed by atoms with Crippen LogP contribution in [-0.4, -0.2) is 28.0 Å². The van der Waals surface area contributed by atoms with E-state index in [1.807, 2.05) is 38.1 Å². The summed E-state index contributed by atoms with van der Waals surface area (Å²) in [6.07, 6.45) is 1.93. The lowest BCUT2D eigenvalue weighted by atomic mass is 10.0. The highest BCUT2D eigenvalue weighted by molar-refractivity contribution is 6.06. The lowest BCUT2D eigenvalue weighted by Gasteiger charge is -2.16. The van der Waals surface area contributed by atoms with Crippen molar-refractivity contribution in [3.63, 3.8) is 0 Å². The van der Waals surface area contributed by atoms with Gasteiger partial charge >= 0.3 is 5.97 Å². The molecule has 0 saturated carbocycles. The van der Waals surface area contributed by atoms with Gasteiger partial charge in [-0.25, -0.2) is 4.79 Å². The van der Waals surface area contributed by atoms with Gasteiger partial charge in [0.05, 0.1) is 0 Å². The highest BCUT2D eigenvalue weighted by Crippen LogP contribution is 2.16. The average Bonchev–Trinajstić information content (AvgIpc) is 2.45. The molecule has 1 heterocycles. The molecule has 21 heavy (non-hydrogen) atoms. The summed E-state index contributed by atoms with van der Waals surface area (Å²) in [5.74, 6) is -1.32. The molecule has 0 spiro atoms. The summed E-state index contributed by atoms with van der Waals surface area (Å²) in [4.78, 5) is 27.6. The van der Waals surface area contributed by atoms with Gasteiger partial charge in [-0.1, -0.05) is 38.1 Å². The molecule has 1 aromatic heterocycles. The number of pyridine rings is 1. The molecule has 5 heteroatoms. The molecule has 0 bridgehead atoms. The van der Waals surface area contributed by atoms with Crippen LogP contribution in [0.15, 0.2) is 36.5 Å². The Hall–Kier alpha value is -2.43. The molecule has 2 rings (SSSR count). The van der Waals surface area contributed by atoms with Crippen LogP contribution in [0.2, 0.25) is 0 Å². The number of hydrogen-bond acceptors (Lipinski definition) is 3. The first-order chi connectivity index (χ1) is 9.99.